The summed E-state index contributed by atoms with van der Waals surface area (Å²) in [7, 11) is 1.95. The first kappa shape index (κ1) is 19.2. The molecule has 1 aromatic rings. The average Bonchev–Trinajstić information content (AvgIpc) is 3.04. The molecule has 2 atom stereocenters. The zero-order valence-electron chi connectivity index (χ0n) is 15.6. The van der Waals surface area contributed by atoms with Crippen molar-refractivity contribution in [3.63, 3.8) is 0 Å². The molecule has 26 heavy (non-hydrogen) atoms. The van der Waals surface area contributed by atoms with Crippen LogP contribution in [0, 0.1) is 5.92 Å². The highest BCUT2D eigenvalue weighted by Gasteiger charge is 2.34. The van der Waals surface area contributed by atoms with Crippen LogP contribution < -0.4 is 10.1 Å². The van der Waals surface area contributed by atoms with Crippen LogP contribution in [0.4, 0.5) is 0 Å². The van der Waals surface area contributed by atoms with Gasteiger partial charge >= 0.3 is 0 Å². The number of carbonyl (C=O) groups excluding carboxylic acids is 1. The third kappa shape index (κ3) is 4.77. The lowest BCUT2D eigenvalue weighted by Crippen LogP contribution is -2.38. The second-order valence-electron chi connectivity index (χ2n) is 7.33. The van der Waals surface area contributed by atoms with Crippen molar-refractivity contribution in [2.45, 2.75) is 51.2 Å². The van der Waals surface area contributed by atoms with Crippen LogP contribution in [0.3, 0.4) is 0 Å². The van der Waals surface area contributed by atoms with Crippen molar-refractivity contribution in [1.29, 1.82) is 0 Å². The number of likely N-dealkylation sites (tertiary alicyclic amines) is 1. The summed E-state index contributed by atoms with van der Waals surface area (Å²) in [4.78, 5) is 18.5. The molecule has 0 spiro atoms. The standard InChI is InChI=1S/C20H28ClN3O2/c1-14(22-2)5-3-6-15-11-18(19(21)23-12-15)26-17-9-10-24(13-17)20(25)16-7-4-8-16/h3,6,11-12,14,16-17,22H,4-5,7-10,13H2,1-2H3/b6-3+/t14-,17+/m0/s1. The van der Waals surface area contributed by atoms with Gasteiger partial charge in [0.1, 0.15) is 6.10 Å². The summed E-state index contributed by atoms with van der Waals surface area (Å²) >= 11 is 6.21. The number of pyridine rings is 1. The van der Waals surface area contributed by atoms with E-state index in [4.69, 9.17) is 16.3 Å². The Kier molecular flexibility index (Phi) is 6.54. The summed E-state index contributed by atoms with van der Waals surface area (Å²) in [5, 5.41) is 3.57. The van der Waals surface area contributed by atoms with Gasteiger partial charge in [-0.1, -0.05) is 30.2 Å². The van der Waals surface area contributed by atoms with Gasteiger partial charge in [-0.05, 0) is 44.9 Å². The van der Waals surface area contributed by atoms with E-state index < -0.39 is 0 Å². The second kappa shape index (κ2) is 8.87. The molecule has 1 aromatic heterocycles. The van der Waals surface area contributed by atoms with Gasteiger partial charge in [0.25, 0.3) is 0 Å². The highest BCUT2D eigenvalue weighted by atomic mass is 35.5. The molecule has 1 saturated heterocycles. The molecule has 6 heteroatoms. The van der Waals surface area contributed by atoms with Crippen molar-refractivity contribution >= 4 is 23.6 Å². The van der Waals surface area contributed by atoms with E-state index in [9.17, 15) is 4.79 Å². The zero-order valence-corrected chi connectivity index (χ0v) is 16.3. The Balaban J connectivity index is 1.57. The smallest absolute Gasteiger partial charge is 0.225 e. The number of aromatic nitrogens is 1. The molecule has 142 valence electrons. The van der Waals surface area contributed by atoms with E-state index in [2.05, 4.69) is 23.3 Å². The Morgan fingerprint density at radius 3 is 3.00 bits per heavy atom. The van der Waals surface area contributed by atoms with Crippen molar-refractivity contribution in [1.82, 2.24) is 15.2 Å². The molecule has 1 saturated carbocycles. The van der Waals surface area contributed by atoms with Crippen LogP contribution in [0.2, 0.25) is 5.15 Å². The van der Waals surface area contributed by atoms with Crippen LogP contribution in [0.1, 0.15) is 44.6 Å². The van der Waals surface area contributed by atoms with Crippen LogP contribution >= 0.6 is 11.6 Å². The number of nitrogens with one attached hydrogen (secondary N) is 1. The molecule has 0 radical (unpaired) electrons. The Morgan fingerprint density at radius 2 is 2.31 bits per heavy atom. The average molecular weight is 378 g/mol. The third-order valence-electron chi connectivity index (χ3n) is 5.33. The summed E-state index contributed by atoms with van der Waals surface area (Å²) in [6.45, 7) is 3.55. The maximum absolute atomic E-state index is 12.4. The zero-order chi connectivity index (χ0) is 18.5. The van der Waals surface area contributed by atoms with E-state index >= 15 is 0 Å². The van der Waals surface area contributed by atoms with Crippen molar-refractivity contribution in [2.75, 3.05) is 20.1 Å². The minimum Gasteiger partial charge on any atom is -0.485 e. The quantitative estimate of drug-likeness (QED) is 0.738. The summed E-state index contributed by atoms with van der Waals surface area (Å²) in [6.07, 6.45) is 10.9. The first-order valence-electron chi connectivity index (χ1n) is 9.51. The topological polar surface area (TPSA) is 54.5 Å². The van der Waals surface area contributed by atoms with Crippen molar-refractivity contribution < 1.29 is 9.53 Å². The molecule has 0 unspecified atom stereocenters. The van der Waals surface area contributed by atoms with Gasteiger partial charge in [-0.25, -0.2) is 4.98 Å². The molecule has 1 amide bonds. The minimum absolute atomic E-state index is 0.0122. The van der Waals surface area contributed by atoms with E-state index in [0.717, 1.165) is 37.8 Å². The first-order chi connectivity index (χ1) is 12.6. The van der Waals surface area contributed by atoms with Gasteiger partial charge < -0.3 is 15.0 Å². The fourth-order valence-corrected chi connectivity index (χ4v) is 3.41. The van der Waals surface area contributed by atoms with Crippen LogP contribution in [-0.2, 0) is 4.79 Å². The third-order valence-corrected chi connectivity index (χ3v) is 5.61. The van der Waals surface area contributed by atoms with Crippen molar-refractivity contribution in [3.8, 4) is 5.75 Å². The summed E-state index contributed by atoms with van der Waals surface area (Å²) < 4.78 is 6.07. The predicted molar refractivity (Wildman–Crippen MR) is 104 cm³/mol. The molecule has 1 N–H and O–H groups in total. The summed E-state index contributed by atoms with van der Waals surface area (Å²) in [6, 6.07) is 2.35. The van der Waals surface area contributed by atoms with Gasteiger partial charge in [0.2, 0.25) is 5.91 Å². The van der Waals surface area contributed by atoms with Crippen molar-refractivity contribution in [3.05, 3.63) is 29.1 Å². The van der Waals surface area contributed by atoms with E-state index in [1.165, 1.54) is 6.42 Å². The van der Waals surface area contributed by atoms with Gasteiger partial charge in [0.15, 0.2) is 10.9 Å². The Morgan fingerprint density at radius 1 is 1.50 bits per heavy atom. The molecule has 3 rings (SSSR count). The van der Waals surface area contributed by atoms with Gasteiger partial charge in [-0.3, -0.25) is 4.79 Å². The highest BCUT2D eigenvalue weighted by Crippen LogP contribution is 2.31. The maximum atomic E-state index is 12.4. The van der Waals surface area contributed by atoms with Gasteiger partial charge in [0.05, 0.1) is 6.54 Å². The normalized spacial score (nSPS) is 21.8. The highest BCUT2D eigenvalue weighted by molar-refractivity contribution is 6.30. The lowest BCUT2D eigenvalue weighted by Gasteiger charge is -2.29. The van der Waals surface area contributed by atoms with Gasteiger partial charge in [-0.2, -0.15) is 0 Å². The Labute approximate surface area is 160 Å². The van der Waals surface area contributed by atoms with E-state index in [0.29, 0.717) is 29.4 Å². The fourth-order valence-electron chi connectivity index (χ4n) is 3.26. The molecule has 0 aromatic carbocycles. The van der Waals surface area contributed by atoms with Crippen molar-refractivity contribution in [2.24, 2.45) is 5.92 Å². The van der Waals surface area contributed by atoms with Crippen LogP contribution in [0.15, 0.2) is 18.3 Å². The first-order valence-corrected chi connectivity index (χ1v) is 9.89. The van der Waals surface area contributed by atoms with E-state index in [1.807, 2.05) is 24.1 Å². The predicted octanol–water partition coefficient (Wildman–Crippen LogP) is 3.53. The number of halogens is 1. The Bertz CT molecular complexity index is 660. The SMILES string of the molecule is CN[C@@H](C)C/C=C/c1cnc(Cl)c(O[C@@H]2CCN(C(=O)C3CCC3)C2)c1. The summed E-state index contributed by atoms with van der Waals surface area (Å²) in [5.74, 6) is 1.13. The number of hydrogen-bond donors (Lipinski definition) is 1. The lowest BCUT2D eigenvalue weighted by molar-refractivity contribution is -0.137. The van der Waals surface area contributed by atoms with Gasteiger partial charge in [0, 0.05) is 31.1 Å². The number of ether oxygens (including phenoxy) is 1. The molecule has 1 aliphatic heterocycles. The van der Waals surface area contributed by atoms with Crippen LogP contribution in [0.25, 0.3) is 6.08 Å². The second-order valence-corrected chi connectivity index (χ2v) is 7.68. The van der Waals surface area contributed by atoms with Crippen LogP contribution in [-0.4, -0.2) is 48.1 Å². The fraction of sp³-hybridized carbons (Fsp3) is 0.600. The van der Waals surface area contributed by atoms with E-state index in [-0.39, 0.29) is 12.0 Å². The number of rotatable bonds is 7. The Hall–Kier alpha value is -1.59. The largest absolute Gasteiger partial charge is 0.485 e. The molecule has 2 aliphatic rings. The van der Waals surface area contributed by atoms with Gasteiger partial charge in [-0.15, -0.1) is 0 Å². The lowest BCUT2D eigenvalue weighted by atomic mass is 9.84. The maximum Gasteiger partial charge on any atom is 0.225 e. The molecular weight excluding hydrogens is 350 g/mol. The van der Waals surface area contributed by atoms with E-state index in [1.54, 1.807) is 6.20 Å². The number of carbonyl (C=O) groups is 1. The molecule has 0 bridgehead atoms. The monoisotopic (exact) mass is 377 g/mol. The molecule has 5 nitrogen and oxygen atoms in total. The number of nitrogens with zero attached hydrogens (tertiary/aromatic N) is 2. The molecule has 2 heterocycles. The van der Waals surface area contributed by atoms with Crippen LogP contribution in [0.5, 0.6) is 5.75 Å². The molecule has 1 aliphatic carbocycles. The minimum atomic E-state index is -0.0122. The number of amides is 1. The molecular formula is C20H28ClN3O2. The summed E-state index contributed by atoms with van der Waals surface area (Å²) in [5.41, 5.74) is 0.966. The number of hydrogen-bond acceptors (Lipinski definition) is 4. The molecule has 2 fully saturated rings.